The first kappa shape index (κ1) is 12.6. The number of hydrogen-bond donors (Lipinski definition) is 1. The van der Waals surface area contributed by atoms with Crippen LogP contribution in [0.25, 0.3) is 0 Å². The molecule has 1 unspecified atom stereocenters. The second kappa shape index (κ2) is 4.78. The minimum absolute atomic E-state index is 0.158. The molecule has 0 saturated carbocycles. The van der Waals surface area contributed by atoms with Crippen LogP contribution in [0.1, 0.15) is 30.1 Å². The molecule has 1 atom stereocenters. The Kier molecular flexibility index (Phi) is 3.54. The fraction of sp³-hybridized carbons (Fsp3) is 0.462. The Balaban J connectivity index is 2.27. The van der Waals surface area contributed by atoms with Gasteiger partial charge in [-0.1, -0.05) is 15.9 Å². The van der Waals surface area contributed by atoms with Crippen molar-refractivity contribution < 1.29 is 9.53 Å². The highest BCUT2D eigenvalue weighted by Crippen LogP contribution is 2.36. The van der Waals surface area contributed by atoms with Crippen LogP contribution in [0.4, 0.5) is 0 Å². The van der Waals surface area contributed by atoms with E-state index in [1.54, 1.807) is 0 Å². The van der Waals surface area contributed by atoms with E-state index in [0.29, 0.717) is 17.7 Å². The van der Waals surface area contributed by atoms with E-state index in [4.69, 9.17) is 4.74 Å². The molecule has 2 rings (SSSR count). The summed E-state index contributed by atoms with van der Waals surface area (Å²) in [6.45, 7) is 2.84. The maximum absolute atomic E-state index is 12.1. The molecule has 3 nitrogen and oxygen atoms in total. The van der Waals surface area contributed by atoms with Gasteiger partial charge in [0.05, 0.1) is 12.0 Å². The van der Waals surface area contributed by atoms with Crippen molar-refractivity contribution in [2.75, 3.05) is 13.6 Å². The van der Waals surface area contributed by atoms with Crippen LogP contribution in [0.5, 0.6) is 5.75 Å². The molecule has 0 saturated heterocycles. The largest absolute Gasteiger partial charge is 0.486 e. The van der Waals surface area contributed by atoms with Gasteiger partial charge in [0.15, 0.2) is 5.78 Å². The number of carbonyl (C=O) groups excluding carboxylic acids is 1. The Morgan fingerprint density at radius 1 is 1.53 bits per heavy atom. The first-order valence-corrected chi connectivity index (χ1v) is 6.50. The van der Waals surface area contributed by atoms with Crippen molar-refractivity contribution in [2.45, 2.75) is 25.4 Å². The Bertz CT molecular complexity index is 447. The van der Waals surface area contributed by atoms with Crippen molar-refractivity contribution in [1.82, 2.24) is 5.32 Å². The summed E-state index contributed by atoms with van der Waals surface area (Å²) in [7, 11) is 1.90. The average Bonchev–Trinajstić information content (AvgIpc) is 2.28. The number of benzene rings is 1. The monoisotopic (exact) mass is 297 g/mol. The third kappa shape index (κ3) is 2.69. The van der Waals surface area contributed by atoms with Crippen LogP contribution in [0, 0.1) is 0 Å². The summed E-state index contributed by atoms with van der Waals surface area (Å²) < 4.78 is 6.87. The second-order valence-electron chi connectivity index (χ2n) is 4.65. The first-order chi connectivity index (χ1) is 8.04. The minimum atomic E-state index is -0.388. The Morgan fingerprint density at radius 2 is 2.29 bits per heavy atom. The molecule has 1 aromatic rings. The van der Waals surface area contributed by atoms with Crippen LogP contribution in [0.15, 0.2) is 22.7 Å². The predicted octanol–water partition coefficient (Wildman–Crippen LogP) is 2.78. The fourth-order valence-corrected chi connectivity index (χ4v) is 2.44. The Hall–Kier alpha value is -0.870. The molecule has 0 radical (unpaired) electrons. The van der Waals surface area contributed by atoms with E-state index in [0.717, 1.165) is 17.4 Å². The molecule has 17 heavy (non-hydrogen) atoms. The molecule has 1 aliphatic heterocycles. The molecule has 0 spiro atoms. The van der Waals surface area contributed by atoms with Crippen molar-refractivity contribution in [2.24, 2.45) is 0 Å². The standard InChI is InChI=1S/C13H16BrNO2/c1-13(5-6-15-2)8-11(16)10-7-9(14)3-4-12(10)17-13/h3-4,7,15H,5-6,8H2,1-2H3. The number of ether oxygens (including phenoxy) is 1. The van der Waals surface area contributed by atoms with Gasteiger partial charge in [-0.3, -0.25) is 4.79 Å². The third-order valence-corrected chi connectivity index (χ3v) is 3.53. The number of ketones is 1. The lowest BCUT2D eigenvalue weighted by molar-refractivity contribution is 0.0474. The highest BCUT2D eigenvalue weighted by molar-refractivity contribution is 9.10. The number of Topliss-reactive ketones (excluding diaryl/α,β-unsaturated/α-hetero) is 1. The van der Waals surface area contributed by atoms with Crippen molar-refractivity contribution in [3.63, 3.8) is 0 Å². The molecule has 1 heterocycles. The molecule has 1 aliphatic rings. The lowest BCUT2D eigenvalue weighted by Crippen LogP contribution is -2.41. The molecule has 4 heteroatoms. The van der Waals surface area contributed by atoms with Gasteiger partial charge in [-0.25, -0.2) is 0 Å². The summed E-state index contributed by atoms with van der Waals surface area (Å²) in [6.07, 6.45) is 1.27. The maximum atomic E-state index is 12.1. The first-order valence-electron chi connectivity index (χ1n) is 5.70. The topological polar surface area (TPSA) is 38.3 Å². The van der Waals surface area contributed by atoms with E-state index < -0.39 is 0 Å². The SMILES string of the molecule is CNCCC1(C)CC(=O)c2cc(Br)ccc2O1. The zero-order chi connectivity index (χ0) is 12.5. The number of hydrogen-bond acceptors (Lipinski definition) is 3. The van der Waals surface area contributed by atoms with E-state index in [1.165, 1.54) is 0 Å². The Labute approximate surface area is 110 Å². The molecular formula is C13H16BrNO2. The van der Waals surface area contributed by atoms with Gasteiger partial charge in [0.2, 0.25) is 0 Å². The van der Waals surface area contributed by atoms with Gasteiger partial charge in [0.1, 0.15) is 11.4 Å². The van der Waals surface area contributed by atoms with E-state index >= 15 is 0 Å². The van der Waals surface area contributed by atoms with Crippen molar-refractivity contribution in [3.05, 3.63) is 28.2 Å². The van der Waals surface area contributed by atoms with E-state index in [9.17, 15) is 4.79 Å². The number of fused-ring (bicyclic) bond motifs is 1. The second-order valence-corrected chi connectivity index (χ2v) is 5.56. The molecule has 0 fully saturated rings. The molecule has 0 aliphatic carbocycles. The summed E-state index contributed by atoms with van der Waals surface area (Å²) in [4.78, 5) is 12.1. The highest BCUT2D eigenvalue weighted by Gasteiger charge is 2.35. The van der Waals surface area contributed by atoms with Crippen molar-refractivity contribution in [3.8, 4) is 5.75 Å². The Morgan fingerprint density at radius 3 is 3.00 bits per heavy atom. The van der Waals surface area contributed by atoms with Gasteiger partial charge in [0, 0.05) is 4.47 Å². The summed E-state index contributed by atoms with van der Waals surface area (Å²) in [5, 5.41) is 3.09. The van der Waals surface area contributed by atoms with Crippen LogP contribution >= 0.6 is 15.9 Å². The smallest absolute Gasteiger partial charge is 0.170 e. The predicted molar refractivity (Wildman–Crippen MR) is 70.7 cm³/mol. The average molecular weight is 298 g/mol. The lowest BCUT2D eigenvalue weighted by Gasteiger charge is -2.35. The molecule has 1 aromatic carbocycles. The lowest BCUT2D eigenvalue weighted by atomic mass is 9.89. The number of nitrogens with one attached hydrogen (secondary N) is 1. The van der Waals surface area contributed by atoms with E-state index in [1.807, 2.05) is 32.2 Å². The molecule has 0 bridgehead atoms. The molecule has 0 aromatic heterocycles. The maximum Gasteiger partial charge on any atom is 0.170 e. The summed E-state index contributed by atoms with van der Waals surface area (Å²) in [5.41, 5.74) is 0.294. The number of halogens is 1. The fourth-order valence-electron chi connectivity index (χ4n) is 2.07. The molecule has 1 N–H and O–H groups in total. The van der Waals surface area contributed by atoms with Gasteiger partial charge >= 0.3 is 0 Å². The third-order valence-electron chi connectivity index (χ3n) is 3.04. The highest BCUT2D eigenvalue weighted by atomic mass is 79.9. The minimum Gasteiger partial charge on any atom is -0.486 e. The van der Waals surface area contributed by atoms with E-state index in [-0.39, 0.29) is 11.4 Å². The summed E-state index contributed by atoms with van der Waals surface area (Å²) >= 11 is 3.37. The van der Waals surface area contributed by atoms with Crippen LogP contribution in [-0.4, -0.2) is 25.0 Å². The normalized spacial score (nSPS) is 23.1. The van der Waals surface area contributed by atoms with Crippen LogP contribution in [0.2, 0.25) is 0 Å². The van der Waals surface area contributed by atoms with Crippen molar-refractivity contribution >= 4 is 21.7 Å². The molecular weight excluding hydrogens is 282 g/mol. The van der Waals surface area contributed by atoms with Gasteiger partial charge in [-0.05, 0) is 45.1 Å². The van der Waals surface area contributed by atoms with Crippen molar-refractivity contribution in [1.29, 1.82) is 0 Å². The van der Waals surface area contributed by atoms with Gasteiger partial charge in [-0.15, -0.1) is 0 Å². The van der Waals surface area contributed by atoms with Crippen LogP contribution in [0.3, 0.4) is 0 Å². The number of carbonyl (C=O) groups is 1. The van der Waals surface area contributed by atoms with E-state index in [2.05, 4.69) is 21.2 Å². The summed E-state index contributed by atoms with van der Waals surface area (Å²) in [5.74, 6) is 0.856. The summed E-state index contributed by atoms with van der Waals surface area (Å²) in [6, 6.07) is 5.58. The molecule has 0 amide bonds. The van der Waals surface area contributed by atoms with Crippen LogP contribution in [-0.2, 0) is 0 Å². The van der Waals surface area contributed by atoms with Crippen LogP contribution < -0.4 is 10.1 Å². The zero-order valence-electron chi connectivity index (χ0n) is 10.0. The number of rotatable bonds is 3. The van der Waals surface area contributed by atoms with Gasteiger partial charge in [0.25, 0.3) is 0 Å². The van der Waals surface area contributed by atoms with Gasteiger partial charge in [-0.2, -0.15) is 0 Å². The quantitative estimate of drug-likeness (QED) is 0.932. The molecule has 92 valence electrons. The zero-order valence-corrected chi connectivity index (χ0v) is 11.6. The van der Waals surface area contributed by atoms with Gasteiger partial charge < -0.3 is 10.1 Å².